The first kappa shape index (κ1) is 26.3. The Morgan fingerprint density at radius 1 is 1.05 bits per heavy atom. The van der Waals surface area contributed by atoms with Gasteiger partial charge in [0.15, 0.2) is 5.75 Å². The lowest BCUT2D eigenvalue weighted by molar-refractivity contribution is -0.385. The number of benzene rings is 3. The van der Waals surface area contributed by atoms with E-state index < -0.39 is 4.92 Å². The van der Waals surface area contributed by atoms with Crippen LogP contribution in [0.2, 0.25) is 0 Å². The van der Waals surface area contributed by atoms with Gasteiger partial charge in [-0.25, -0.2) is 4.68 Å². The molecule has 0 atom stereocenters. The van der Waals surface area contributed by atoms with E-state index >= 15 is 0 Å². The van der Waals surface area contributed by atoms with Gasteiger partial charge in [-0.3, -0.25) is 19.8 Å². The summed E-state index contributed by atoms with van der Waals surface area (Å²) in [4.78, 5) is 26.6. The van der Waals surface area contributed by atoms with Crippen molar-refractivity contribution in [2.75, 3.05) is 13.2 Å². The Balaban J connectivity index is 1.50. The molecule has 39 heavy (non-hydrogen) atoms. The molecular formula is C29H24N4O4S2. The van der Waals surface area contributed by atoms with Crippen molar-refractivity contribution in [3.8, 4) is 22.7 Å². The normalized spacial score (nSPS) is 14.3. The number of hydrogen-bond donors (Lipinski definition) is 0. The van der Waals surface area contributed by atoms with Gasteiger partial charge in [0.25, 0.3) is 5.91 Å². The van der Waals surface area contributed by atoms with E-state index in [2.05, 4.69) is 0 Å². The monoisotopic (exact) mass is 556 g/mol. The van der Waals surface area contributed by atoms with E-state index in [1.807, 2.05) is 66.7 Å². The molecule has 2 heterocycles. The van der Waals surface area contributed by atoms with Crippen molar-refractivity contribution in [3.63, 3.8) is 0 Å². The first-order valence-electron chi connectivity index (χ1n) is 12.3. The third-order valence-corrected chi connectivity index (χ3v) is 7.49. The quantitative estimate of drug-likeness (QED) is 0.104. The highest BCUT2D eigenvalue weighted by atomic mass is 32.2. The van der Waals surface area contributed by atoms with E-state index in [1.165, 1.54) is 17.8 Å². The van der Waals surface area contributed by atoms with Crippen LogP contribution in [-0.2, 0) is 11.2 Å². The average molecular weight is 557 g/mol. The molecule has 0 N–H and O–H groups in total. The lowest BCUT2D eigenvalue weighted by Gasteiger charge is -2.14. The number of thioether (sulfide) groups is 1. The highest BCUT2D eigenvalue weighted by Crippen LogP contribution is 2.35. The van der Waals surface area contributed by atoms with Crippen LogP contribution in [0.5, 0.6) is 5.75 Å². The Morgan fingerprint density at radius 2 is 1.77 bits per heavy atom. The maximum atomic E-state index is 13.3. The van der Waals surface area contributed by atoms with Crippen molar-refractivity contribution >= 4 is 46.0 Å². The van der Waals surface area contributed by atoms with Crippen LogP contribution in [-0.4, -0.2) is 43.0 Å². The fourth-order valence-corrected chi connectivity index (χ4v) is 5.52. The first-order chi connectivity index (χ1) is 18.9. The largest absolute Gasteiger partial charge is 0.487 e. The number of hydrogen-bond acceptors (Lipinski definition) is 7. The van der Waals surface area contributed by atoms with Crippen LogP contribution in [0.1, 0.15) is 18.2 Å². The molecule has 5 rings (SSSR count). The van der Waals surface area contributed by atoms with Crippen LogP contribution in [0.3, 0.4) is 0 Å². The molecule has 0 spiro atoms. The van der Waals surface area contributed by atoms with Gasteiger partial charge in [-0.15, -0.1) is 0 Å². The number of nitro groups is 1. The van der Waals surface area contributed by atoms with Crippen molar-refractivity contribution in [1.29, 1.82) is 0 Å². The van der Waals surface area contributed by atoms with Crippen LogP contribution >= 0.6 is 24.0 Å². The average Bonchev–Trinajstić information content (AvgIpc) is 3.49. The maximum Gasteiger partial charge on any atom is 0.311 e. The minimum Gasteiger partial charge on any atom is -0.487 e. The number of thiocarbonyl (C=S) groups is 1. The Kier molecular flexibility index (Phi) is 7.85. The Bertz CT molecular complexity index is 1570. The summed E-state index contributed by atoms with van der Waals surface area (Å²) in [6.07, 6.45) is 2.47. The van der Waals surface area contributed by atoms with Crippen LogP contribution in [0.4, 0.5) is 5.69 Å². The summed E-state index contributed by atoms with van der Waals surface area (Å²) in [5, 5.41) is 16.4. The molecule has 4 aromatic rings. The second-order valence-corrected chi connectivity index (χ2v) is 10.3. The Labute approximate surface area is 235 Å². The predicted octanol–water partition coefficient (Wildman–Crippen LogP) is 6.29. The summed E-state index contributed by atoms with van der Waals surface area (Å²) >= 11 is 6.79. The first-order valence-corrected chi connectivity index (χ1v) is 13.5. The molecule has 0 bridgehead atoms. The van der Waals surface area contributed by atoms with Crippen LogP contribution in [0.25, 0.3) is 23.0 Å². The number of rotatable bonds is 9. The number of aromatic nitrogens is 2. The van der Waals surface area contributed by atoms with E-state index in [1.54, 1.807) is 34.7 Å². The summed E-state index contributed by atoms with van der Waals surface area (Å²) in [7, 11) is 0. The second-order valence-electron chi connectivity index (χ2n) is 8.64. The molecule has 3 aromatic carbocycles. The van der Waals surface area contributed by atoms with E-state index in [-0.39, 0.29) is 17.3 Å². The molecule has 1 aromatic heterocycles. The summed E-state index contributed by atoms with van der Waals surface area (Å²) in [5.74, 6) is 0.0492. The van der Waals surface area contributed by atoms with Gasteiger partial charge in [0, 0.05) is 18.2 Å². The van der Waals surface area contributed by atoms with Crippen molar-refractivity contribution in [2.45, 2.75) is 13.3 Å². The summed E-state index contributed by atoms with van der Waals surface area (Å²) in [6, 6.07) is 26.0. The van der Waals surface area contributed by atoms with Gasteiger partial charge in [-0.2, -0.15) is 5.10 Å². The molecule has 1 aliphatic rings. The minimum atomic E-state index is -0.468. The number of nitro benzene ring substituents is 1. The van der Waals surface area contributed by atoms with Gasteiger partial charge in [-0.05, 0) is 55.3 Å². The van der Waals surface area contributed by atoms with Gasteiger partial charge in [-0.1, -0.05) is 72.5 Å². The number of carbonyl (C=O) groups excluding carboxylic acids is 1. The van der Waals surface area contributed by atoms with E-state index in [0.29, 0.717) is 45.7 Å². The zero-order valence-electron chi connectivity index (χ0n) is 21.0. The fraction of sp³-hybridized carbons (Fsp3) is 0.138. The van der Waals surface area contributed by atoms with Gasteiger partial charge >= 0.3 is 5.69 Å². The molecule has 1 saturated heterocycles. The number of nitrogens with zero attached hydrogens (tertiary/aromatic N) is 4. The summed E-state index contributed by atoms with van der Waals surface area (Å²) < 4.78 is 7.65. The second kappa shape index (κ2) is 11.6. The smallest absolute Gasteiger partial charge is 0.311 e. The SMILES string of the molecule is CCOc1ccc(-c2cc(/C=C3/SC(=S)N(CCc4ccccc4)C3=O)n(-c3ccccc3)n2)cc1[N+](=O)[O-]. The number of amides is 1. The van der Waals surface area contributed by atoms with Crippen molar-refractivity contribution < 1.29 is 14.5 Å². The zero-order chi connectivity index (χ0) is 27.4. The predicted molar refractivity (Wildman–Crippen MR) is 157 cm³/mol. The number of para-hydroxylation sites is 1. The molecule has 0 radical (unpaired) electrons. The zero-order valence-corrected chi connectivity index (χ0v) is 22.7. The van der Waals surface area contributed by atoms with E-state index in [0.717, 1.165) is 11.3 Å². The molecule has 0 aliphatic carbocycles. The summed E-state index contributed by atoms with van der Waals surface area (Å²) in [6.45, 7) is 2.58. The number of carbonyl (C=O) groups is 1. The van der Waals surface area contributed by atoms with Crippen LogP contribution in [0.15, 0.2) is 89.8 Å². The van der Waals surface area contributed by atoms with Crippen LogP contribution < -0.4 is 4.74 Å². The third-order valence-electron chi connectivity index (χ3n) is 6.11. The highest BCUT2D eigenvalue weighted by Gasteiger charge is 2.32. The molecule has 8 nitrogen and oxygen atoms in total. The van der Waals surface area contributed by atoms with Gasteiger partial charge in [0.05, 0.1) is 33.5 Å². The molecular weight excluding hydrogens is 532 g/mol. The van der Waals surface area contributed by atoms with Crippen molar-refractivity contribution in [3.05, 3.63) is 111 Å². The van der Waals surface area contributed by atoms with Crippen molar-refractivity contribution in [1.82, 2.24) is 14.7 Å². The Hall–Kier alpha value is -4.28. The lowest BCUT2D eigenvalue weighted by Crippen LogP contribution is -2.30. The van der Waals surface area contributed by atoms with Crippen molar-refractivity contribution in [2.24, 2.45) is 0 Å². The van der Waals surface area contributed by atoms with E-state index in [9.17, 15) is 14.9 Å². The lowest BCUT2D eigenvalue weighted by atomic mass is 10.1. The number of ether oxygens (including phenoxy) is 1. The molecule has 10 heteroatoms. The van der Waals surface area contributed by atoms with Gasteiger partial charge in [0.1, 0.15) is 4.32 Å². The minimum absolute atomic E-state index is 0.135. The standard InChI is InChI=1S/C29H24N4O4S2/c1-2-37-26-14-13-21(17-25(26)33(35)36)24-18-23(32(30-24)22-11-7-4-8-12-22)19-27-28(34)31(29(38)39-27)16-15-20-9-5-3-6-10-20/h3-14,17-19H,2,15-16H2,1H3/b27-19+. The van der Waals surface area contributed by atoms with E-state index in [4.69, 9.17) is 22.1 Å². The Morgan fingerprint density at radius 3 is 2.46 bits per heavy atom. The fourth-order valence-electron chi connectivity index (χ4n) is 4.23. The summed E-state index contributed by atoms with van der Waals surface area (Å²) in [5.41, 5.74) is 3.52. The molecule has 1 fully saturated rings. The molecule has 1 aliphatic heterocycles. The highest BCUT2D eigenvalue weighted by molar-refractivity contribution is 8.26. The topological polar surface area (TPSA) is 90.5 Å². The van der Waals surface area contributed by atoms with Gasteiger partial charge < -0.3 is 4.74 Å². The molecule has 1 amide bonds. The van der Waals surface area contributed by atoms with Crippen LogP contribution in [0, 0.1) is 10.1 Å². The van der Waals surface area contributed by atoms with Gasteiger partial charge in [0.2, 0.25) is 0 Å². The molecule has 0 saturated carbocycles. The molecule has 196 valence electrons. The third kappa shape index (κ3) is 5.76. The molecule has 0 unspecified atom stereocenters. The maximum absolute atomic E-state index is 13.3.